The normalized spacial score (nSPS) is 11.1. The van der Waals surface area contributed by atoms with Crippen LogP contribution in [-0.2, 0) is 13.2 Å². The van der Waals surface area contributed by atoms with Crippen LogP contribution in [0.4, 0.5) is 4.39 Å². The Bertz CT molecular complexity index is 585. The van der Waals surface area contributed by atoms with Crippen LogP contribution >= 0.6 is 27.3 Å². The summed E-state index contributed by atoms with van der Waals surface area (Å²) in [7, 11) is 0. The largest absolute Gasteiger partial charge is 0.487 e. The molecule has 0 aliphatic carbocycles. The molecule has 0 amide bonds. The summed E-state index contributed by atoms with van der Waals surface area (Å²) in [5, 5.41) is 3.42. The lowest BCUT2D eigenvalue weighted by atomic mass is 10.2. The van der Waals surface area contributed by atoms with Gasteiger partial charge in [0.25, 0.3) is 0 Å². The van der Waals surface area contributed by atoms with E-state index in [0.717, 1.165) is 18.0 Å². The predicted molar refractivity (Wildman–Crippen MR) is 89.3 cm³/mol. The Morgan fingerprint density at radius 2 is 2.00 bits per heavy atom. The second kappa shape index (κ2) is 7.92. The lowest BCUT2D eigenvalue weighted by Crippen LogP contribution is -2.18. The Kier molecular flexibility index (Phi) is 6.21. The lowest BCUT2D eigenvalue weighted by molar-refractivity contribution is 0.307. The Balaban J connectivity index is 1.85. The highest BCUT2D eigenvalue weighted by Crippen LogP contribution is 2.27. The first-order valence-electron chi connectivity index (χ1n) is 6.90. The minimum Gasteiger partial charge on any atom is -0.487 e. The maximum absolute atomic E-state index is 13.0. The molecule has 114 valence electrons. The Morgan fingerprint density at radius 1 is 1.24 bits per heavy atom. The van der Waals surface area contributed by atoms with Gasteiger partial charge in [0.2, 0.25) is 0 Å². The summed E-state index contributed by atoms with van der Waals surface area (Å²) >= 11 is 5.04. The molecule has 1 N–H and O–H groups in total. The van der Waals surface area contributed by atoms with Crippen molar-refractivity contribution < 1.29 is 9.13 Å². The highest BCUT2D eigenvalue weighted by Gasteiger charge is 2.05. The minimum atomic E-state index is -0.274. The number of thiophene rings is 1. The molecule has 1 aromatic carbocycles. The average molecular weight is 372 g/mol. The standard InChI is InChI=1S/C16H19BrFNOS/c1-11(2)8-19-9-13-4-5-14(21-13)10-20-16-6-3-12(18)7-15(16)17/h3-7,11,19H,8-10H2,1-2H3. The first kappa shape index (κ1) is 16.5. The molecule has 0 saturated heterocycles. The van der Waals surface area contributed by atoms with E-state index in [9.17, 15) is 4.39 Å². The monoisotopic (exact) mass is 371 g/mol. The van der Waals surface area contributed by atoms with Gasteiger partial charge in [0.15, 0.2) is 0 Å². The zero-order chi connectivity index (χ0) is 15.2. The molecule has 1 heterocycles. The number of benzene rings is 1. The molecule has 0 atom stereocenters. The zero-order valence-electron chi connectivity index (χ0n) is 12.2. The lowest BCUT2D eigenvalue weighted by Gasteiger charge is -2.07. The van der Waals surface area contributed by atoms with Crippen LogP contribution in [0.5, 0.6) is 5.75 Å². The van der Waals surface area contributed by atoms with E-state index in [4.69, 9.17) is 4.74 Å². The molecular formula is C16H19BrFNOS. The van der Waals surface area contributed by atoms with Crippen molar-refractivity contribution in [3.63, 3.8) is 0 Å². The van der Waals surface area contributed by atoms with E-state index in [1.807, 2.05) is 0 Å². The van der Waals surface area contributed by atoms with Crippen LogP contribution in [0.15, 0.2) is 34.8 Å². The van der Waals surface area contributed by atoms with Crippen LogP contribution in [0.1, 0.15) is 23.6 Å². The van der Waals surface area contributed by atoms with Gasteiger partial charge in [0, 0.05) is 16.3 Å². The summed E-state index contributed by atoms with van der Waals surface area (Å²) < 4.78 is 19.3. The number of hydrogen-bond donors (Lipinski definition) is 1. The van der Waals surface area contributed by atoms with Gasteiger partial charge in [-0.25, -0.2) is 4.39 Å². The fraction of sp³-hybridized carbons (Fsp3) is 0.375. The number of hydrogen-bond acceptors (Lipinski definition) is 3. The van der Waals surface area contributed by atoms with Gasteiger partial charge in [-0.15, -0.1) is 11.3 Å². The second-order valence-corrected chi connectivity index (χ2v) is 7.36. The Labute approximate surface area is 137 Å². The maximum Gasteiger partial charge on any atom is 0.134 e. The zero-order valence-corrected chi connectivity index (χ0v) is 14.6. The summed E-state index contributed by atoms with van der Waals surface area (Å²) in [6.07, 6.45) is 0. The fourth-order valence-electron chi connectivity index (χ4n) is 1.82. The topological polar surface area (TPSA) is 21.3 Å². The molecule has 5 heteroatoms. The number of halogens is 2. The van der Waals surface area contributed by atoms with Crippen molar-refractivity contribution in [3.8, 4) is 5.75 Å². The van der Waals surface area contributed by atoms with Gasteiger partial charge in [-0.2, -0.15) is 0 Å². The first-order chi connectivity index (χ1) is 10.0. The molecule has 0 spiro atoms. The average Bonchev–Trinajstić information content (AvgIpc) is 2.85. The van der Waals surface area contributed by atoms with Crippen molar-refractivity contribution >= 4 is 27.3 Å². The Morgan fingerprint density at radius 3 is 2.71 bits per heavy atom. The molecule has 2 rings (SSSR count). The molecule has 0 radical (unpaired) electrons. The summed E-state index contributed by atoms with van der Waals surface area (Å²) in [6, 6.07) is 8.64. The van der Waals surface area contributed by atoms with Gasteiger partial charge in [-0.1, -0.05) is 13.8 Å². The quantitative estimate of drug-likeness (QED) is 0.741. The van der Waals surface area contributed by atoms with Crippen LogP contribution in [0, 0.1) is 11.7 Å². The van der Waals surface area contributed by atoms with E-state index in [0.29, 0.717) is 22.7 Å². The highest BCUT2D eigenvalue weighted by atomic mass is 79.9. The molecule has 2 aromatic rings. The molecule has 2 nitrogen and oxygen atoms in total. The van der Waals surface area contributed by atoms with Crippen LogP contribution in [-0.4, -0.2) is 6.54 Å². The van der Waals surface area contributed by atoms with Crippen molar-refractivity contribution in [2.45, 2.75) is 27.0 Å². The van der Waals surface area contributed by atoms with E-state index in [-0.39, 0.29) is 5.82 Å². The van der Waals surface area contributed by atoms with Gasteiger partial charge < -0.3 is 10.1 Å². The summed E-state index contributed by atoms with van der Waals surface area (Å²) in [5.41, 5.74) is 0. The van der Waals surface area contributed by atoms with Gasteiger partial charge in [-0.05, 0) is 58.7 Å². The third-order valence-electron chi connectivity index (χ3n) is 2.83. The third kappa shape index (κ3) is 5.41. The van der Waals surface area contributed by atoms with Gasteiger partial charge in [0.1, 0.15) is 18.2 Å². The number of nitrogens with one attached hydrogen (secondary N) is 1. The van der Waals surface area contributed by atoms with Gasteiger partial charge in [-0.3, -0.25) is 0 Å². The summed E-state index contributed by atoms with van der Waals surface area (Å²) in [4.78, 5) is 2.46. The van der Waals surface area contributed by atoms with E-state index in [1.54, 1.807) is 17.4 Å². The van der Waals surface area contributed by atoms with Gasteiger partial charge >= 0.3 is 0 Å². The Hall–Kier alpha value is -0.910. The molecular weight excluding hydrogens is 353 g/mol. The predicted octanol–water partition coefficient (Wildman–Crippen LogP) is 4.97. The molecule has 0 bridgehead atoms. The van der Waals surface area contributed by atoms with E-state index in [1.165, 1.54) is 17.0 Å². The van der Waals surface area contributed by atoms with Crippen LogP contribution in [0.2, 0.25) is 0 Å². The van der Waals surface area contributed by atoms with Crippen molar-refractivity contribution in [3.05, 3.63) is 50.4 Å². The molecule has 0 saturated carbocycles. The molecule has 21 heavy (non-hydrogen) atoms. The molecule has 0 unspecified atom stereocenters. The van der Waals surface area contributed by atoms with Crippen LogP contribution in [0.3, 0.4) is 0 Å². The highest BCUT2D eigenvalue weighted by molar-refractivity contribution is 9.10. The molecule has 0 fully saturated rings. The first-order valence-corrected chi connectivity index (χ1v) is 8.51. The van der Waals surface area contributed by atoms with Crippen molar-refractivity contribution in [1.29, 1.82) is 0 Å². The van der Waals surface area contributed by atoms with Gasteiger partial charge in [0.05, 0.1) is 4.47 Å². The number of rotatable bonds is 7. The summed E-state index contributed by atoms with van der Waals surface area (Å²) in [5.74, 6) is 1.04. The molecule has 0 aliphatic heterocycles. The molecule has 0 aliphatic rings. The third-order valence-corrected chi connectivity index (χ3v) is 4.51. The van der Waals surface area contributed by atoms with Crippen molar-refractivity contribution in [2.24, 2.45) is 5.92 Å². The second-order valence-electron chi connectivity index (χ2n) is 5.26. The van der Waals surface area contributed by atoms with E-state index < -0.39 is 0 Å². The fourth-order valence-corrected chi connectivity index (χ4v) is 3.19. The SMILES string of the molecule is CC(C)CNCc1ccc(COc2ccc(F)cc2Br)s1. The maximum atomic E-state index is 13.0. The van der Waals surface area contributed by atoms with Crippen LogP contribution < -0.4 is 10.1 Å². The van der Waals surface area contributed by atoms with E-state index in [2.05, 4.69) is 47.2 Å². The van der Waals surface area contributed by atoms with Crippen LogP contribution in [0.25, 0.3) is 0 Å². The minimum absolute atomic E-state index is 0.274. The smallest absolute Gasteiger partial charge is 0.134 e. The van der Waals surface area contributed by atoms with E-state index >= 15 is 0 Å². The molecule has 1 aromatic heterocycles. The van der Waals surface area contributed by atoms with Crippen molar-refractivity contribution in [2.75, 3.05) is 6.54 Å². The van der Waals surface area contributed by atoms with Crippen molar-refractivity contribution in [1.82, 2.24) is 5.32 Å². The number of ether oxygens (including phenoxy) is 1. The summed E-state index contributed by atoms with van der Waals surface area (Å²) in [6.45, 7) is 6.80.